The van der Waals surface area contributed by atoms with E-state index in [9.17, 15) is 4.79 Å². The Balaban J connectivity index is 1.59. The summed E-state index contributed by atoms with van der Waals surface area (Å²) in [6, 6.07) is 3.50. The smallest absolute Gasteiger partial charge is 0.259 e. The number of pyridine rings is 2. The second kappa shape index (κ2) is 9.30. The van der Waals surface area contributed by atoms with Crippen LogP contribution in [0.25, 0.3) is 11.1 Å². The van der Waals surface area contributed by atoms with Crippen molar-refractivity contribution in [3.63, 3.8) is 0 Å². The molecule has 1 N–H and O–H groups in total. The summed E-state index contributed by atoms with van der Waals surface area (Å²) < 4.78 is 11.9. The number of nitrogens with one attached hydrogen (secondary N) is 1. The topological polar surface area (TPSA) is 86.2 Å². The molecule has 4 rings (SSSR count). The van der Waals surface area contributed by atoms with E-state index in [1.54, 1.807) is 37.3 Å². The van der Waals surface area contributed by atoms with Crippen molar-refractivity contribution in [1.82, 2.24) is 15.0 Å². The molecule has 10 heteroatoms. The number of thioether (sulfide) groups is 1. The van der Waals surface area contributed by atoms with Crippen LogP contribution in [0.3, 0.4) is 0 Å². The molecule has 0 bridgehead atoms. The van der Waals surface area contributed by atoms with Crippen molar-refractivity contribution in [2.24, 2.45) is 0 Å². The summed E-state index contributed by atoms with van der Waals surface area (Å²) in [5, 5.41) is 4.16. The number of ether oxygens (including phenoxy) is 2. The van der Waals surface area contributed by atoms with Gasteiger partial charge in [0.15, 0.2) is 5.13 Å². The van der Waals surface area contributed by atoms with Gasteiger partial charge in [0.25, 0.3) is 5.91 Å². The molecule has 1 saturated heterocycles. The van der Waals surface area contributed by atoms with Crippen LogP contribution in [0, 0.1) is 6.92 Å². The summed E-state index contributed by atoms with van der Waals surface area (Å²) in [5.41, 5.74) is 2.50. The van der Waals surface area contributed by atoms with Gasteiger partial charge in [-0.25, -0.2) is 9.97 Å². The van der Waals surface area contributed by atoms with Gasteiger partial charge in [-0.15, -0.1) is 11.8 Å². The third kappa shape index (κ3) is 4.75. The lowest BCUT2D eigenvalue weighted by Gasteiger charge is -2.13. The lowest BCUT2D eigenvalue weighted by Crippen LogP contribution is -2.14. The number of hydrogen-bond acceptors (Lipinski definition) is 8. The lowest BCUT2D eigenvalue weighted by atomic mass is 10.0. The number of methoxy groups -OCH3 is 1. The normalized spacial score (nSPS) is 15.9. The van der Waals surface area contributed by atoms with Gasteiger partial charge in [-0.3, -0.25) is 15.1 Å². The minimum absolute atomic E-state index is 0.303. The third-order valence-corrected chi connectivity index (χ3v) is 7.00. The molecule has 0 aliphatic carbocycles. The number of carbonyl (C=O) groups is 1. The van der Waals surface area contributed by atoms with Gasteiger partial charge >= 0.3 is 0 Å². The Morgan fingerprint density at radius 1 is 1.27 bits per heavy atom. The molecule has 0 saturated carbocycles. The van der Waals surface area contributed by atoms with E-state index in [4.69, 9.17) is 21.1 Å². The van der Waals surface area contributed by atoms with Gasteiger partial charge in [0.1, 0.15) is 10.9 Å². The molecule has 3 aromatic heterocycles. The van der Waals surface area contributed by atoms with Crippen LogP contribution in [0.2, 0.25) is 5.15 Å². The zero-order valence-corrected chi connectivity index (χ0v) is 18.7. The Morgan fingerprint density at radius 2 is 2.13 bits per heavy atom. The number of rotatable bonds is 6. The molecule has 0 aromatic carbocycles. The van der Waals surface area contributed by atoms with E-state index in [1.165, 1.54) is 17.5 Å². The molecule has 1 aliphatic heterocycles. The van der Waals surface area contributed by atoms with Crippen molar-refractivity contribution < 1.29 is 14.3 Å². The van der Waals surface area contributed by atoms with Gasteiger partial charge in [-0.1, -0.05) is 22.9 Å². The van der Waals surface area contributed by atoms with Crippen molar-refractivity contribution >= 4 is 45.7 Å². The van der Waals surface area contributed by atoms with E-state index < -0.39 is 0 Å². The molecule has 3 aromatic rings. The van der Waals surface area contributed by atoms with Crippen molar-refractivity contribution in [2.45, 2.75) is 22.8 Å². The molecular weight excluding hydrogens is 444 g/mol. The number of halogens is 1. The number of amides is 1. The standard InChI is InChI=1S/C20H19ClN4O3S2/c1-11-5-13(14-6-17(21)23-8-16(14)27-2)15(7-22-11)19(26)25-20-24-9-18(30-20)29-12-3-4-28-10-12/h5-9,12H,3-4,10H2,1-2H3,(H,24,25,26). The summed E-state index contributed by atoms with van der Waals surface area (Å²) in [4.78, 5) is 25.7. The van der Waals surface area contributed by atoms with E-state index in [0.29, 0.717) is 38.0 Å². The Kier molecular flexibility index (Phi) is 6.52. The van der Waals surface area contributed by atoms with Gasteiger partial charge in [0, 0.05) is 34.9 Å². The number of anilines is 1. The molecule has 0 spiro atoms. The highest BCUT2D eigenvalue weighted by atomic mass is 35.5. The Labute approximate surface area is 187 Å². The third-order valence-electron chi connectivity index (χ3n) is 4.51. The summed E-state index contributed by atoms with van der Waals surface area (Å²) in [6.07, 6.45) is 5.89. The van der Waals surface area contributed by atoms with E-state index in [0.717, 1.165) is 29.5 Å². The Morgan fingerprint density at radius 3 is 2.90 bits per heavy atom. The first kappa shape index (κ1) is 21.0. The molecule has 30 heavy (non-hydrogen) atoms. The maximum absolute atomic E-state index is 13.1. The van der Waals surface area contributed by atoms with Gasteiger partial charge in [-0.05, 0) is 25.5 Å². The average Bonchev–Trinajstić information content (AvgIpc) is 3.40. The van der Waals surface area contributed by atoms with Gasteiger partial charge in [-0.2, -0.15) is 0 Å². The van der Waals surface area contributed by atoms with Crippen molar-refractivity contribution in [3.8, 4) is 16.9 Å². The first-order valence-electron chi connectivity index (χ1n) is 9.21. The van der Waals surface area contributed by atoms with E-state index in [2.05, 4.69) is 20.3 Å². The minimum atomic E-state index is -0.303. The quantitative estimate of drug-likeness (QED) is 0.531. The predicted molar refractivity (Wildman–Crippen MR) is 119 cm³/mol. The Hall–Kier alpha value is -2.20. The second-order valence-electron chi connectivity index (χ2n) is 6.62. The molecule has 156 valence electrons. The van der Waals surface area contributed by atoms with Crippen LogP contribution in [0.5, 0.6) is 5.75 Å². The summed E-state index contributed by atoms with van der Waals surface area (Å²) >= 11 is 9.27. The fraction of sp³-hybridized carbons (Fsp3) is 0.300. The van der Waals surface area contributed by atoms with Gasteiger partial charge in [0.2, 0.25) is 0 Å². The molecule has 1 aliphatic rings. The highest BCUT2D eigenvalue weighted by Gasteiger charge is 2.21. The molecular formula is C20H19ClN4O3S2. The number of carbonyl (C=O) groups excluding carboxylic acids is 1. The number of aromatic nitrogens is 3. The maximum Gasteiger partial charge on any atom is 0.259 e. The lowest BCUT2D eigenvalue weighted by molar-refractivity contribution is 0.102. The average molecular weight is 463 g/mol. The molecule has 1 amide bonds. The highest BCUT2D eigenvalue weighted by Crippen LogP contribution is 2.36. The molecule has 1 fully saturated rings. The van der Waals surface area contributed by atoms with E-state index in [-0.39, 0.29) is 5.91 Å². The summed E-state index contributed by atoms with van der Waals surface area (Å²) in [5.74, 6) is 0.216. The number of aryl methyl sites for hydroxylation is 1. The van der Waals surface area contributed by atoms with Crippen molar-refractivity contribution in [1.29, 1.82) is 0 Å². The first-order chi connectivity index (χ1) is 14.5. The zero-order valence-electron chi connectivity index (χ0n) is 16.3. The highest BCUT2D eigenvalue weighted by molar-refractivity contribution is 8.01. The summed E-state index contributed by atoms with van der Waals surface area (Å²) in [7, 11) is 1.55. The number of thiazole rings is 1. The molecule has 7 nitrogen and oxygen atoms in total. The van der Waals surface area contributed by atoms with Crippen LogP contribution >= 0.6 is 34.7 Å². The number of hydrogen-bond donors (Lipinski definition) is 1. The SMILES string of the molecule is COc1cnc(Cl)cc1-c1cc(C)ncc1C(=O)Nc1ncc(SC2CCOC2)s1. The van der Waals surface area contributed by atoms with E-state index in [1.807, 2.05) is 13.0 Å². The monoisotopic (exact) mass is 462 g/mol. The van der Waals surface area contributed by atoms with Crippen LogP contribution in [0.15, 0.2) is 34.9 Å². The van der Waals surface area contributed by atoms with Crippen LogP contribution in [-0.4, -0.2) is 46.4 Å². The van der Waals surface area contributed by atoms with Crippen LogP contribution in [0.4, 0.5) is 5.13 Å². The van der Waals surface area contributed by atoms with Crippen molar-refractivity contribution in [2.75, 3.05) is 25.6 Å². The fourth-order valence-corrected chi connectivity index (χ4v) is 5.42. The fourth-order valence-electron chi connectivity index (χ4n) is 3.06. The second-order valence-corrected chi connectivity index (χ2v) is 9.64. The molecule has 1 atom stereocenters. The van der Waals surface area contributed by atoms with Gasteiger partial charge < -0.3 is 9.47 Å². The first-order valence-corrected chi connectivity index (χ1v) is 11.3. The van der Waals surface area contributed by atoms with Crippen LogP contribution in [0.1, 0.15) is 22.5 Å². The van der Waals surface area contributed by atoms with Gasteiger partial charge in [0.05, 0.1) is 35.9 Å². The molecule has 1 unspecified atom stereocenters. The van der Waals surface area contributed by atoms with E-state index >= 15 is 0 Å². The largest absolute Gasteiger partial charge is 0.494 e. The molecule has 0 radical (unpaired) electrons. The molecule has 4 heterocycles. The summed E-state index contributed by atoms with van der Waals surface area (Å²) in [6.45, 7) is 3.41. The minimum Gasteiger partial charge on any atom is -0.494 e. The Bertz CT molecular complexity index is 1070. The number of nitrogens with zero attached hydrogens (tertiary/aromatic N) is 3. The van der Waals surface area contributed by atoms with Crippen LogP contribution in [-0.2, 0) is 4.74 Å². The van der Waals surface area contributed by atoms with Crippen molar-refractivity contribution in [3.05, 3.63) is 47.1 Å². The zero-order chi connectivity index (χ0) is 21.1. The van der Waals surface area contributed by atoms with Crippen LogP contribution < -0.4 is 10.1 Å². The predicted octanol–water partition coefficient (Wildman–Crippen LogP) is 4.70. The maximum atomic E-state index is 13.1.